The average molecular weight is 140 g/mol. The van der Waals surface area contributed by atoms with Gasteiger partial charge in [-0.25, -0.2) is 9.99 Å². The van der Waals surface area contributed by atoms with E-state index in [2.05, 4.69) is 4.98 Å². The fourth-order valence-electron chi connectivity index (χ4n) is 0.772. The molecule has 0 unspecified atom stereocenters. The highest BCUT2D eigenvalue weighted by Crippen LogP contribution is 1.94. The second-order valence-electron chi connectivity index (χ2n) is 2.37. The van der Waals surface area contributed by atoms with Crippen molar-refractivity contribution in [2.45, 2.75) is 6.54 Å². The van der Waals surface area contributed by atoms with Gasteiger partial charge in [0, 0.05) is 26.5 Å². The van der Waals surface area contributed by atoms with Crippen molar-refractivity contribution in [1.82, 2.24) is 14.6 Å². The Morgan fingerprint density at radius 1 is 1.80 bits per heavy atom. The molecule has 1 aromatic heterocycles. The second kappa shape index (κ2) is 2.81. The first-order valence-electron chi connectivity index (χ1n) is 3.12. The highest BCUT2D eigenvalue weighted by Gasteiger charge is 1.98. The van der Waals surface area contributed by atoms with Crippen LogP contribution in [0.2, 0.25) is 0 Å². The van der Waals surface area contributed by atoms with Gasteiger partial charge in [-0.3, -0.25) is 5.84 Å². The van der Waals surface area contributed by atoms with Crippen molar-refractivity contribution in [1.29, 1.82) is 0 Å². The van der Waals surface area contributed by atoms with Gasteiger partial charge < -0.3 is 4.57 Å². The lowest BCUT2D eigenvalue weighted by Gasteiger charge is -2.07. The van der Waals surface area contributed by atoms with Crippen molar-refractivity contribution in [3.05, 3.63) is 18.2 Å². The zero-order valence-electron chi connectivity index (χ0n) is 6.28. The standard InChI is InChI=1S/C6H12N4/c1-9-4-3-8-6(9)5-10(2)7/h3-4H,5,7H2,1-2H3. The average Bonchev–Trinajstić information content (AvgIpc) is 2.15. The summed E-state index contributed by atoms with van der Waals surface area (Å²) in [7, 11) is 3.76. The smallest absolute Gasteiger partial charge is 0.124 e. The number of hydrazine groups is 1. The fraction of sp³-hybridized carbons (Fsp3) is 0.500. The lowest BCUT2D eigenvalue weighted by atomic mass is 10.6. The molecule has 4 nitrogen and oxygen atoms in total. The van der Waals surface area contributed by atoms with E-state index in [-0.39, 0.29) is 0 Å². The molecule has 4 heteroatoms. The number of aromatic nitrogens is 2. The molecule has 0 radical (unpaired) electrons. The molecular formula is C6H12N4. The molecule has 0 spiro atoms. The maximum atomic E-state index is 5.43. The lowest BCUT2D eigenvalue weighted by Crippen LogP contribution is -2.26. The molecule has 1 aromatic rings. The van der Waals surface area contributed by atoms with Gasteiger partial charge in [0.05, 0.1) is 6.54 Å². The maximum absolute atomic E-state index is 5.43. The fourth-order valence-corrected chi connectivity index (χ4v) is 0.772. The van der Waals surface area contributed by atoms with Gasteiger partial charge in [0.25, 0.3) is 0 Å². The van der Waals surface area contributed by atoms with Gasteiger partial charge in [0.15, 0.2) is 0 Å². The Morgan fingerprint density at radius 2 is 2.50 bits per heavy atom. The minimum absolute atomic E-state index is 0.684. The summed E-state index contributed by atoms with van der Waals surface area (Å²) in [5.74, 6) is 6.41. The van der Waals surface area contributed by atoms with Gasteiger partial charge in [-0.15, -0.1) is 0 Å². The first kappa shape index (κ1) is 7.24. The van der Waals surface area contributed by atoms with Crippen LogP contribution in [-0.2, 0) is 13.6 Å². The topological polar surface area (TPSA) is 47.1 Å². The molecule has 10 heavy (non-hydrogen) atoms. The summed E-state index contributed by atoms with van der Waals surface area (Å²) in [6, 6.07) is 0. The number of rotatable bonds is 2. The zero-order valence-corrected chi connectivity index (χ0v) is 6.28. The summed E-state index contributed by atoms with van der Waals surface area (Å²) in [6.07, 6.45) is 3.66. The van der Waals surface area contributed by atoms with Crippen LogP contribution in [0.3, 0.4) is 0 Å². The molecule has 56 valence electrons. The van der Waals surface area contributed by atoms with Crippen molar-refractivity contribution in [3.63, 3.8) is 0 Å². The van der Waals surface area contributed by atoms with E-state index >= 15 is 0 Å². The number of hydrogen-bond acceptors (Lipinski definition) is 3. The minimum Gasteiger partial charge on any atom is -0.337 e. The van der Waals surface area contributed by atoms with Crippen LogP contribution in [0.15, 0.2) is 12.4 Å². The highest BCUT2D eigenvalue weighted by molar-refractivity contribution is 4.89. The Balaban J connectivity index is 2.65. The first-order valence-corrected chi connectivity index (χ1v) is 3.12. The van der Waals surface area contributed by atoms with Gasteiger partial charge in [0.1, 0.15) is 5.82 Å². The van der Waals surface area contributed by atoms with Crippen LogP contribution in [0, 0.1) is 0 Å². The molecule has 0 aliphatic heterocycles. The minimum atomic E-state index is 0.684. The Labute approximate surface area is 60.2 Å². The number of imidazole rings is 1. The van der Waals surface area contributed by atoms with Crippen LogP contribution in [0.4, 0.5) is 0 Å². The predicted octanol–water partition coefficient (Wildman–Crippen LogP) is -0.274. The van der Waals surface area contributed by atoms with Crippen LogP contribution in [0.1, 0.15) is 5.82 Å². The van der Waals surface area contributed by atoms with Crippen molar-refractivity contribution in [2.75, 3.05) is 7.05 Å². The maximum Gasteiger partial charge on any atom is 0.124 e. The molecule has 1 rings (SSSR count). The number of aryl methyl sites for hydroxylation is 1. The molecule has 0 fully saturated rings. The molecule has 0 aromatic carbocycles. The summed E-state index contributed by atoms with van der Waals surface area (Å²) in [6.45, 7) is 0.684. The monoisotopic (exact) mass is 140 g/mol. The van der Waals surface area contributed by atoms with E-state index in [1.165, 1.54) is 0 Å². The predicted molar refractivity (Wildman–Crippen MR) is 38.9 cm³/mol. The van der Waals surface area contributed by atoms with Crippen LogP contribution in [0.25, 0.3) is 0 Å². The van der Waals surface area contributed by atoms with E-state index in [1.54, 1.807) is 11.2 Å². The first-order chi connectivity index (χ1) is 4.70. The third-order valence-corrected chi connectivity index (χ3v) is 1.31. The van der Waals surface area contributed by atoms with Gasteiger partial charge >= 0.3 is 0 Å². The molecular weight excluding hydrogens is 128 g/mol. The zero-order chi connectivity index (χ0) is 7.56. The molecule has 0 saturated carbocycles. The normalized spacial score (nSPS) is 10.8. The van der Waals surface area contributed by atoms with E-state index in [4.69, 9.17) is 5.84 Å². The van der Waals surface area contributed by atoms with Gasteiger partial charge in [-0.2, -0.15) is 0 Å². The Kier molecular flexibility index (Phi) is 2.03. The molecule has 0 saturated heterocycles. The largest absolute Gasteiger partial charge is 0.337 e. The number of hydrogen-bond donors (Lipinski definition) is 1. The summed E-state index contributed by atoms with van der Waals surface area (Å²) < 4.78 is 1.95. The lowest BCUT2D eigenvalue weighted by molar-refractivity contribution is 0.328. The van der Waals surface area contributed by atoms with Gasteiger partial charge in [0.2, 0.25) is 0 Å². The van der Waals surface area contributed by atoms with Crippen LogP contribution in [-0.4, -0.2) is 21.6 Å². The Morgan fingerprint density at radius 3 is 2.90 bits per heavy atom. The second-order valence-corrected chi connectivity index (χ2v) is 2.37. The molecule has 0 aliphatic carbocycles. The molecule has 0 aliphatic rings. The van der Waals surface area contributed by atoms with E-state index in [9.17, 15) is 0 Å². The third kappa shape index (κ3) is 1.55. The number of nitrogens with two attached hydrogens (primary N) is 1. The number of nitrogens with zero attached hydrogens (tertiary/aromatic N) is 3. The summed E-state index contributed by atoms with van der Waals surface area (Å²) in [4.78, 5) is 4.10. The van der Waals surface area contributed by atoms with Crippen molar-refractivity contribution in [3.8, 4) is 0 Å². The Bertz CT molecular complexity index is 203. The van der Waals surface area contributed by atoms with Crippen LogP contribution >= 0.6 is 0 Å². The van der Waals surface area contributed by atoms with Gasteiger partial charge in [-0.05, 0) is 0 Å². The van der Waals surface area contributed by atoms with E-state index < -0.39 is 0 Å². The summed E-state index contributed by atoms with van der Waals surface area (Å²) in [5, 5.41) is 1.60. The molecule has 2 N–H and O–H groups in total. The van der Waals surface area contributed by atoms with E-state index in [0.717, 1.165) is 5.82 Å². The molecule has 0 atom stereocenters. The van der Waals surface area contributed by atoms with Crippen molar-refractivity contribution >= 4 is 0 Å². The van der Waals surface area contributed by atoms with Crippen LogP contribution in [0.5, 0.6) is 0 Å². The van der Waals surface area contributed by atoms with Gasteiger partial charge in [-0.1, -0.05) is 0 Å². The Hall–Kier alpha value is -0.870. The molecule has 0 amide bonds. The molecule has 1 heterocycles. The van der Waals surface area contributed by atoms with Crippen molar-refractivity contribution < 1.29 is 0 Å². The van der Waals surface area contributed by atoms with E-state index in [1.807, 2.05) is 24.9 Å². The summed E-state index contributed by atoms with van der Waals surface area (Å²) in [5.41, 5.74) is 0. The third-order valence-electron chi connectivity index (χ3n) is 1.31. The van der Waals surface area contributed by atoms with Crippen molar-refractivity contribution in [2.24, 2.45) is 12.9 Å². The SMILES string of the molecule is CN(N)Cc1nccn1C. The molecule has 0 bridgehead atoms. The highest BCUT2D eigenvalue weighted by atomic mass is 15.4. The summed E-state index contributed by atoms with van der Waals surface area (Å²) >= 11 is 0. The van der Waals surface area contributed by atoms with E-state index in [0.29, 0.717) is 6.54 Å². The quantitative estimate of drug-likeness (QED) is 0.454. The van der Waals surface area contributed by atoms with Crippen LogP contribution < -0.4 is 5.84 Å².